The molecule has 2 fully saturated rings. The van der Waals surface area contributed by atoms with Gasteiger partial charge in [-0.25, -0.2) is 0 Å². The number of aromatic nitrogens is 1. The smallest absolute Gasteiger partial charge is 0.246 e. The highest BCUT2D eigenvalue weighted by atomic mass is 16.2. The lowest BCUT2D eigenvalue weighted by molar-refractivity contribution is -0.161. The standard InChI is InChI=1S/C27H29N3O2/c1-17-11-13-18(14-12-17)26-25-21(20-9-5-6-10-22(20)28-25)15-23-27(32)29(16-24(31)30(23)26)19-7-3-2-4-8-19/h5-6,9-14,19,23,26,28H,2-4,7-8,15-16H2,1H3/t23-,26+/m0/s1. The topological polar surface area (TPSA) is 56.4 Å². The molecule has 1 N–H and O–H groups in total. The number of fused-ring (bicyclic) bond motifs is 4. The van der Waals surface area contributed by atoms with Crippen molar-refractivity contribution in [3.05, 3.63) is 70.9 Å². The van der Waals surface area contributed by atoms with Gasteiger partial charge in [0.05, 0.1) is 6.04 Å². The van der Waals surface area contributed by atoms with Crippen molar-refractivity contribution in [1.29, 1.82) is 0 Å². The summed E-state index contributed by atoms with van der Waals surface area (Å²) in [7, 11) is 0. The lowest BCUT2D eigenvalue weighted by atomic mass is 9.85. The molecule has 1 saturated heterocycles. The van der Waals surface area contributed by atoms with Crippen molar-refractivity contribution < 1.29 is 9.59 Å². The molecule has 32 heavy (non-hydrogen) atoms. The molecule has 1 aliphatic carbocycles. The van der Waals surface area contributed by atoms with Crippen LogP contribution in [0.1, 0.15) is 60.5 Å². The van der Waals surface area contributed by atoms with E-state index < -0.39 is 6.04 Å². The summed E-state index contributed by atoms with van der Waals surface area (Å²) in [4.78, 5) is 34.8. The largest absolute Gasteiger partial charge is 0.356 e. The van der Waals surface area contributed by atoms with Gasteiger partial charge >= 0.3 is 0 Å². The van der Waals surface area contributed by atoms with E-state index in [9.17, 15) is 9.59 Å². The summed E-state index contributed by atoms with van der Waals surface area (Å²) >= 11 is 0. The Kier molecular flexibility index (Phi) is 4.60. The van der Waals surface area contributed by atoms with Crippen molar-refractivity contribution in [2.45, 2.75) is 63.6 Å². The molecule has 6 rings (SSSR count). The van der Waals surface area contributed by atoms with Crippen molar-refractivity contribution in [2.24, 2.45) is 0 Å². The highest BCUT2D eigenvalue weighted by Gasteiger charge is 2.49. The molecule has 164 valence electrons. The maximum atomic E-state index is 13.8. The van der Waals surface area contributed by atoms with Crippen LogP contribution in [0.2, 0.25) is 0 Å². The maximum absolute atomic E-state index is 13.8. The van der Waals surface area contributed by atoms with E-state index >= 15 is 0 Å². The molecule has 2 amide bonds. The Labute approximate surface area is 188 Å². The van der Waals surface area contributed by atoms with Gasteiger partial charge in [0.25, 0.3) is 0 Å². The van der Waals surface area contributed by atoms with Crippen LogP contribution in [0.25, 0.3) is 10.9 Å². The van der Waals surface area contributed by atoms with Crippen LogP contribution < -0.4 is 0 Å². The minimum atomic E-state index is -0.434. The highest BCUT2D eigenvalue weighted by Crippen LogP contribution is 2.43. The Bertz CT molecular complexity index is 1190. The highest BCUT2D eigenvalue weighted by molar-refractivity contribution is 5.97. The van der Waals surface area contributed by atoms with Crippen molar-refractivity contribution >= 4 is 22.7 Å². The Morgan fingerprint density at radius 2 is 1.69 bits per heavy atom. The van der Waals surface area contributed by atoms with E-state index in [0.717, 1.165) is 47.8 Å². The Hall–Kier alpha value is -3.08. The molecule has 0 radical (unpaired) electrons. The summed E-state index contributed by atoms with van der Waals surface area (Å²) < 4.78 is 0. The first kappa shape index (κ1) is 19.6. The zero-order chi connectivity index (χ0) is 21.8. The third kappa shape index (κ3) is 2.98. The lowest BCUT2D eigenvalue weighted by Crippen LogP contribution is -2.65. The summed E-state index contributed by atoms with van der Waals surface area (Å²) in [5.74, 6) is 0.194. The number of nitrogens with one attached hydrogen (secondary N) is 1. The zero-order valence-electron chi connectivity index (χ0n) is 18.5. The molecular weight excluding hydrogens is 398 g/mol. The van der Waals surface area contributed by atoms with Gasteiger partial charge in [-0.05, 0) is 37.0 Å². The van der Waals surface area contributed by atoms with Gasteiger partial charge in [0.1, 0.15) is 12.6 Å². The number of carbonyl (C=O) groups is 2. The van der Waals surface area contributed by atoms with Crippen LogP contribution in [0.3, 0.4) is 0 Å². The fraction of sp³-hybridized carbons (Fsp3) is 0.407. The molecule has 2 aromatic carbocycles. The third-order valence-electron chi connectivity index (χ3n) is 7.70. The van der Waals surface area contributed by atoms with Crippen LogP contribution in [-0.2, 0) is 16.0 Å². The van der Waals surface area contributed by atoms with Gasteiger partial charge in [-0.3, -0.25) is 9.59 Å². The molecule has 3 aromatic rings. The molecule has 5 nitrogen and oxygen atoms in total. The monoisotopic (exact) mass is 427 g/mol. The number of piperazine rings is 1. The van der Waals surface area contributed by atoms with E-state index in [1.165, 1.54) is 17.5 Å². The van der Waals surface area contributed by atoms with Crippen LogP contribution in [-0.4, -0.2) is 45.2 Å². The third-order valence-corrected chi connectivity index (χ3v) is 7.70. The Morgan fingerprint density at radius 1 is 0.938 bits per heavy atom. The van der Waals surface area contributed by atoms with Crippen LogP contribution in [0.4, 0.5) is 0 Å². The van der Waals surface area contributed by atoms with Crippen LogP contribution in [0, 0.1) is 6.92 Å². The number of aromatic amines is 1. The normalized spacial score (nSPS) is 24.0. The van der Waals surface area contributed by atoms with Gasteiger partial charge in [0.15, 0.2) is 0 Å². The average Bonchev–Trinajstić information content (AvgIpc) is 3.20. The zero-order valence-corrected chi connectivity index (χ0v) is 18.5. The summed E-state index contributed by atoms with van der Waals surface area (Å²) in [6.07, 6.45) is 6.15. The van der Waals surface area contributed by atoms with E-state index in [2.05, 4.69) is 48.3 Å². The SMILES string of the molecule is Cc1ccc([C@@H]2c3[nH]c4ccccc4c3C[C@H]3C(=O)N(C4CCCCC4)CC(=O)N23)cc1. The Balaban J connectivity index is 1.48. The minimum Gasteiger partial charge on any atom is -0.356 e. The molecule has 0 bridgehead atoms. The summed E-state index contributed by atoms with van der Waals surface area (Å²) in [5.41, 5.74) is 5.54. The molecule has 1 saturated carbocycles. The number of hydrogen-bond acceptors (Lipinski definition) is 2. The van der Waals surface area contributed by atoms with E-state index in [1.54, 1.807) is 0 Å². The van der Waals surface area contributed by atoms with Crippen LogP contribution in [0.15, 0.2) is 48.5 Å². The molecule has 1 aromatic heterocycles. The predicted octanol–water partition coefficient (Wildman–Crippen LogP) is 4.49. The molecule has 3 heterocycles. The number of aryl methyl sites for hydroxylation is 1. The van der Waals surface area contributed by atoms with E-state index in [-0.39, 0.29) is 30.4 Å². The number of hydrogen-bond donors (Lipinski definition) is 1. The number of nitrogens with zero attached hydrogens (tertiary/aromatic N) is 2. The van der Waals surface area contributed by atoms with Gasteiger partial charge in [-0.2, -0.15) is 0 Å². The summed E-state index contributed by atoms with van der Waals surface area (Å²) in [5, 5.41) is 1.16. The second-order valence-electron chi connectivity index (χ2n) is 9.65. The van der Waals surface area contributed by atoms with Crippen molar-refractivity contribution in [3.63, 3.8) is 0 Å². The van der Waals surface area contributed by atoms with E-state index in [4.69, 9.17) is 0 Å². The van der Waals surface area contributed by atoms with Gasteiger partial charge < -0.3 is 14.8 Å². The second kappa shape index (κ2) is 7.51. The fourth-order valence-electron chi connectivity index (χ4n) is 6.08. The van der Waals surface area contributed by atoms with E-state index in [1.807, 2.05) is 21.9 Å². The molecular formula is C27H29N3O2. The predicted molar refractivity (Wildman–Crippen MR) is 124 cm³/mol. The van der Waals surface area contributed by atoms with Gasteiger partial charge in [-0.1, -0.05) is 67.3 Å². The quantitative estimate of drug-likeness (QED) is 0.655. The molecule has 2 aliphatic heterocycles. The number of para-hydroxylation sites is 1. The van der Waals surface area contributed by atoms with E-state index in [0.29, 0.717) is 6.42 Å². The summed E-state index contributed by atoms with van der Waals surface area (Å²) in [6.45, 7) is 2.28. The average molecular weight is 428 g/mol. The van der Waals surface area contributed by atoms with Crippen LogP contribution in [0.5, 0.6) is 0 Å². The molecule has 0 spiro atoms. The minimum absolute atomic E-state index is 0.0649. The lowest BCUT2D eigenvalue weighted by Gasteiger charge is -2.49. The molecule has 3 aliphatic rings. The molecule has 2 atom stereocenters. The van der Waals surface area contributed by atoms with Crippen molar-refractivity contribution in [2.75, 3.05) is 6.54 Å². The van der Waals surface area contributed by atoms with Gasteiger partial charge in [-0.15, -0.1) is 0 Å². The fourth-order valence-corrected chi connectivity index (χ4v) is 6.08. The number of H-pyrrole nitrogens is 1. The van der Waals surface area contributed by atoms with Gasteiger partial charge in [0, 0.05) is 29.1 Å². The second-order valence-corrected chi connectivity index (χ2v) is 9.65. The molecule has 5 heteroatoms. The first-order valence-electron chi connectivity index (χ1n) is 11.9. The maximum Gasteiger partial charge on any atom is 0.246 e. The number of benzene rings is 2. The number of carbonyl (C=O) groups excluding carboxylic acids is 2. The molecule has 0 unspecified atom stereocenters. The number of amides is 2. The van der Waals surface area contributed by atoms with Crippen molar-refractivity contribution in [1.82, 2.24) is 14.8 Å². The Morgan fingerprint density at radius 3 is 2.47 bits per heavy atom. The van der Waals surface area contributed by atoms with Crippen molar-refractivity contribution in [3.8, 4) is 0 Å². The first-order chi connectivity index (χ1) is 15.6. The number of rotatable bonds is 2. The van der Waals surface area contributed by atoms with Crippen LogP contribution >= 0.6 is 0 Å². The van der Waals surface area contributed by atoms with Gasteiger partial charge in [0.2, 0.25) is 11.8 Å². The first-order valence-corrected chi connectivity index (χ1v) is 11.9. The summed E-state index contributed by atoms with van der Waals surface area (Å²) in [6, 6.07) is 16.2.